The number of hydrogen-bond acceptors (Lipinski definition) is 4. The number of carbonyl (C=O) groups is 1. The standard InChI is InChI=1S/C21H19ClN2O2S2/c1-2-26-20(25)18-13-17(12-14-6-4-3-5-7-14)28-19(18)24-21(27)23-16-10-8-15(22)9-11-16/h3-11,13H,2,12H2,1H3,(H2,23,24,27). The molecule has 2 N–H and O–H groups in total. The van der Waals surface area contributed by atoms with Gasteiger partial charge in [-0.2, -0.15) is 0 Å². The van der Waals surface area contributed by atoms with Crippen molar-refractivity contribution < 1.29 is 9.53 Å². The van der Waals surface area contributed by atoms with E-state index in [-0.39, 0.29) is 5.97 Å². The Labute approximate surface area is 178 Å². The van der Waals surface area contributed by atoms with E-state index in [4.69, 9.17) is 28.6 Å². The maximum Gasteiger partial charge on any atom is 0.341 e. The number of nitrogens with one attached hydrogen (secondary N) is 2. The van der Waals surface area contributed by atoms with Gasteiger partial charge in [0.25, 0.3) is 0 Å². The molecule has 0 amide bonds. The van der Waals surface area contributed by atoms with Gasteiger partial charge in [0.2, 0.25) is 0 Å². The van der Waals surface area contributed by atoms with Crippen LogP contribution in [0.5, 0.6) is 0 Å². The van der Waals surface area contributed by atoms with Crippen LogP contribution >= 0.6 is 35.2 Å². The van der Waals surface area contributed by atoms with E-state index >= 15 is 0 Å². The van der Waals surface area contributed by atoms with Crippen molar-refractivity contribution in [3.63, 3.8) is 0 Å². The van der Waals surface area contributed by atoms with Crippen molar-refractivity contribution in [3.8, 4) is 0 Å². The number of ether oxygens (including phenoxy) is 1. The second-order valence-corrected chi connectivity index (χ2v) is 7.91. The normalized spacial score (nSPS) is 10.4. The minimum absolute atomic E-state index is 0.315. The number of thiocarbonyl (C=S) groups is 1. The molecular weight excluding hydrogens is 412 g/mol. The molecule has 0 saturated carbocycles. The van der Waals surface area contributed by atoms with Crippen LogP contribution in [0.3, 0.4) is 0 Å². The van der Waals surface area contributed by atoms with Crippen molar-refractivity contribution in [3.05, 3.63) is 81.7 Å². The van der Waals surface area contributed by atoms with Gasteiger partial charge in [-0.25, -0.2) is 4.79 Å². The zero-order valence-electron chi connectivity index (χ0n) is 15.2. The van der Waals surface area contributed by atoms with Crippen molar-refractivity contribution in [2.75, 3.05) is 17.2 Å². The van der Waals surface area contributed by atoms with E-state index in [0.717, 1.165) is 17.0 Å². The van der Waals surface area contributed by atoms with E-state index in [2.05, 4.69) is 22.8 Å². The summed E-state index contributed by atoms with van der Waals surface area (Å²) in [7, 11) is 0. The summed E-state index contributed by atoms with van der Waals surface area (Å²) >= 11 is 12.8. The molecule has 7 heteroatoms. The van der Waals surface area contributed by atoms with Gasteiger partial charge in [-0.05, 0) is 55.0 Å². The van der Waals surface area contributed by atoms with Gasteiger partial charge in [0, 0.05) is 22.0 Å². The monoisotopic (exact) mass is 430 g/mol. The Bertz CT molecular complexity index is 956. The quantitative estimate of drug-likeness (QED) is 0.372. The van der Waals surface area contributed by atoms with Crippen LogP contribution in [0, 0.1) is 0 Å². The lowest BCUT2D eigenvalue weighted by Crippen LogP contribution is -2.20. The third-order valence-electron chi connectivity index (χ3n) is 3.83. The Morgan fingerprint density at radius 1 is 1.11 bits per heavy atom. The first kappa shape index (κ1) is 20.3. The van der Waals surface area contributed by atoms with Crippen LogP contribution in [0.2, 0.25) is 5.02 Å². The molecule has 0 radical (unpaired) electrons. The van der Waals surface area contributed by atoms with Crippen molar-refractivity contribution in [1.29, 1.82) is 0 Å². The Balaban J connectivity index is 1.78. The molecular formula is C21H19ClN2O2S2. The van der Waals surface area contributed by atoms with Crippen LogP contribution in [0.1, 0.15) is 27.7 Å². The highest BCUT2D eigenvalue weighted by Crippen LogP contribution is 2.31. The molecule has 0 bridgehead atoms. The number of hydrogen-bond donors (Lipinski definition) is 2. The average Bonchev–Trinajstić information content (AvgIpc) is 3.06. The number of thiophene rings is 1. The number of esters is 1. The molecule has 4 nitrogen and oxygen atoms in total. The molecule has 1 aromatic heterocycles. The van der Waals surface area contributed by atoms with Crippen LogP contribution < -0.4 is 10.6 Å². The molecule has 0 aliphatic rings. The van der Waals surface area contributed by atoms with Gasteiger partial charge in [0.15, 0.2) is 5.11 Å². The molecule has 144 valence electrons. The number of rotatable bonds is 6. The highest BCUT2D eigenvalue weighted by atomic mass is 35.5. The van der Waals surface area contributed by atoms with Gasteiger partial charge in [-0.1, -0.05) is 41.9 Å². The van der Waals surface area contributed by atoms with Gasteiger partial charge in [-0.3, -0.25) is 0 Å². The van der Waals surface area contributed by atoms with Gasteiger partial charge in [0.05, 0.1) is 12.2 Å². The lowest BCUT2D eigenvalue weighted by Gasteiger charge is -2.10. The highest BCUT2D eigenvalue weighted by molar-refractivity contribution is 7.80. The summed E-state index contributed by atoms with van der Waals surface area (Å²) in [6.45, 7) is 2.10. The smallest absolute Gasteiger partial charge is 0.341 e. The van der Waals surface area contributed by atoms with Crippen LogP contribution in [-0.4, -0.2) is 17.7 Å². The number of carbonyl (C=O) groups excluding carboxylic acids is 1. The largest absolute Gasteiger partial charge is 0.462 e. The second-order valence-electron chi connectivity index (χ2n) is 5.92. The average molecular weight is 431 g/mol. The summed E-state index contributed by atoms with van der Waals surface area (Å²) in [6, 6.07) is 19.2. The SMILES string of the molecule is CCOC(=O)c1cc(Cc2ccccc2)sc1NC(=S)Nc1ccc(Cl)cc1. The lowest BCUT2D eigenvalue weighted by molar-refractivity contribution is 0.0528. The molecule has 0 fully saturated rings. The predicted molar refractivity (Wildman–Crippen MR) is 121 cm³/mol. The van der Waals surface area contributed by atoms with E-state index in [0.29, 0.717) is 27.3 Å². The van der Waals surface area contributed by atoms with E-state index < -0.39 is 0 Å². The third-order valence-corrected chi connectivity index (χ3v) is 5.34. The van der Waals surface area contributed by atoms with Gasteiger partial charge >= 0.3 is 5.97 Å². The molecule has 0 saturated heterocycles. The van der Waals surface area contributed by atoms with Gasteiger partial charge in [0.1, 0.15) is 5.00 Å². The third kappa shape index (κ3) is 5.55. The Kier molecular flexibility index (Phi) is 7.03. The molecule has 3 rings (SSSR count). The zero-order valence-corrected chi connectivity index (χ0v) is 17.6. The van der Waals surface area contributed by atoms with Crippen molar-refractivity contribution >= 4 is 56.9 Å². The molecule has 28 heavy (non-hydrogen) atoms. The molecule has 0 atom stereocenters. The van der Waals surface area contributed by atoms with Crippen molar-refractivity contribution in [1.82, 2.24) is 0 Å². The topological polar surface area (TPSA) is 50.4 Å². The summed E-state index contributed by atoms with van der Waals surface area (Å²) in [5, 5.41) is 7.92. The Morgan fingerprint density at radius 2 is 1.82 bits per heavy atom. The molecule has 1 heterocycles. The summed E-state index contributed by atoms with van der Waals surface area (Å²) in [5.74, 6) is -0.366. The fourth-order valence-corrected chi connectivity index (χ4v) is 4.07. The molecule has 0 spiro atoms. The highest BCUT2D eigenvalue weighted by Gasteiger charge is 2.18. The van der Waals surface area contributed by atoms with Crippen molar-refractivity contribution in [2.24, 2.45) is 0 Å². The fourth-order valence-electron chi connectivity index (χ4n) is 2.58. The van der Waals surface area contributed by atoms with Gasteiger partial charge in [-0.15, -0.1) is 11.3 Å². The van der Waals surface area contributed by atoms with Gasteiger partial charge < -0.3 is 15.4 Å². The maximum absolute atomic E-state index is 12.4. The number of anilines is 2. The Hall–Kier alpha value is -2.41. The molecule has 0 aliphatic carbocycles. The zero-order chi connectivity index (χ0) is 19.9. The number of halogens is 1. The number of benzene rings is 2. The van der Waals surface area contributed by atoms with Crippen LogP contribution in [0.15, 0.2) is 60.7 Å². The van der Waals surface area contributed by atoms with E-state index in [1.807, 2.05) is 36.4 Å². The predicted octanol–water partition coefficient (Wildman–Crippen LogP) is 5.98. The molecule has 3 aromatic rings. The minimum atomic E-state index is -0.366. The second kappa shape index (κ2) is 9.68. The van der Waals surface area contributed by atoms with Crippen LogP contribution in [-0.2, 0) is 11.2 Å². The fraction of sp³-hybridized carbons (Fsp3) is 0.143. The maximum atomic E-state index is 12.4. The summed E-state index contributed by atoms with van der Waals surface area (Å²) in [4.78, 5) is 13.4. The summed E-state index contributed by atoms with van der Waals surface area (Å²) < 4.78 is 5.19. The van der Waals surface area contributed by atoms with Crippen LogP contribution in [0.25, 0.3) is 0 Å². The molecule has 2 aromatic carbocycles. The van der Waals surface area contributed by atoms with Crippen molar-refractivity contribution in [2.45, 2.75) is 13.3 Å². The first-order valence-corrected chi connectivity index (χ1v) is 10.3. The van der Waals surface area contributed by atoms with Crippen LogP contribution in [0.4, 0.5) is 10.7 Å². The first-order chi connectivity index (χ1) is 13.5. The lowest BCUT2D eigenvalue weighted by atomic mass is 10.1. The van der Waals surface area contributed by atoms with E-state index in [9.17, 15) is 4.79 Å². The first-order valence-electron chi connectivity index (χ1n) is 8.72. The molecule has 0 aliphatic heterocycles. The summed E-state index contributed by atoms with van der Waals surface area (Å²) in [6.07, 6.45) is 0.733. The minimum Gasteiger partial charge on any atom is -0.462 e. The molecule has 0 unspecified atom stereocenters. The summed E-state index contributed by atoms with van der Waals surface area (Å²) in [5.41, 5.74) is 2.46. The Morgan fingerprint density at radius 3 is 2.50 bits per heavy atom. The van der Waals surface area contributed by atoms with E-state index in [1.165, 1.54) is 16.9 Å². The van der Waals surface area contributed by atoms with E-state index in [1.54, 1.807) is 19.1 Å².